The number of hydrogen-bond donors (Lipinski definition) is 0. The van der Waals surface area contributed by atoms with Crippen LogP contribution in [0.25, 0.3) is 105 Å². The van der Waals surface area contributed by atoms with Crippen LogP contribution in [0.5, 0.6) is 0 Å². The smallest absolute Gasteiger partial charge is 0.0562 e. The van der Waals surface area contributed by atoms with Gasteiger partial charge in [0.05, 0.1) is 33.1 Å². The van der Waals surface area contributed by atoms with Crippen LogP contribution in [0.3, 0.4) is 0 Å². The molecule has 0 spiro atoms. The summed E-state index contributed by atoms with van der Waals surface area (Å²) in [6.07, 6.45) is 0. The van der Waals surface area contributed by atoms with Crippen molar-refractivity contribution >= 4 is 65.4 Å². The molecule has 0 bridgehead atoms. The van der Waals surface area contributed by atoms with Crippen molar-refractivity contribution in [1.82, 2.24) is 13.7 Å². The molecule has 3 heterocycles. The number of para-hydroxylation sites is 4. The summed E-state index contributed by atoms with van der Waals surface area (Å²) in [5.41, 5.74) is 15.4. The number of nitrogens with zero attached hydrogens (tertiary/aromatic N) is 3. The van der Waals surface area contributed by atoms with E-state index in [0.717, 1.165) is 17.1 Å². The Morgan fingerprint density at radius 1 is 0.193 bits per heavy atom. The molecule has 12 aromatic rings. The third kappa shape index (κ3) is 4.86. The van der Waals surface area contributed by atoms with Crippen molar-refractivity contribution in [3.05, 3.63) is 212 Å². The summed E-state index contributed by atoms with van der Waals surface area (Å²) in [4.78, 5) is 0. The zero-order valence-corrected chi connectivity index (χ0v) is 31.0. The minimum Gasteiger partial charge on any atom is -0.309 e. The molecular weight excluding hydrogens is 691 g/mol. The number of rotatable bonds is 5. The molecule has 0 amide bonds. The molecule has 3 aromatic heterocycles. The monoisotopic (exact) mass is 725 g/mol. The maximum atomic E-state index is 2.45. The lowest BCUT2D eigenvalue weighted by molar-refractivity contribution is 1.16. The highest BCUT2D eigenvalue weighted by molar-refractivity contribution is 6.19. The van der Waals surface area contributed by atoms with Crippen LogP contribution >= 0.6 is 0 Å². The molecule has 57 heavy (non-hydrogen) atoms. The highest BCUT2D eigenvalue weighted by Crippen LogP contribution is 2.41. The van der Waals surface area contributed by atoms with Crippen LogP contribution in [0.2, 0.25) is 0 Å². The van der Waals surface area contributed by atoms with Crippen molar-refractivity contribution in [2.75, 3.05) is 0 Å². The first-order valence-electron chi connectivity index (χ1n) is 19.6. The van der Waals surface area contributed by atoms with E-state index in [1.165, 1.54) is 87.7 Å². The molecule has 0 radical (unpaired) electrons. The van der Waals surface area contributed by atoms with E-state index in [2.05, 4.69) is 226 Å². The zero-order valence-electron chi connectivity index (χ0n) is 31.0. The highest BCUT2D eigenvalue weighted by Gasteiger charge is 2.19. The molecule has 0 aliphatic carbocycles. The zero-order chi connectivity index (χ0) is 37.5. The Hall–Kier alpha value is -7.62. The van der Waals surface area contributed by atoms with Crippen LogP contribution in [-0.2, 0) is 0 Å². The van der Waals surface area contributed by atoms with E-state index in [-0.39, 0.29) is 0 Å². The molecule has 0 N–H and O–H groups in total. The predicted molar refractivity (Wildman–Crippen MR) is 240 cm³/mol. The van der Waals surface area contributed by atoms with Crippen molar-refractivity contribution < 1.29 is 0 Å². The van der Waals surface area contributed by atoms with Gasteiger partial charge in [-0.25, -0.2) is 0 Å². The largest absolute Gasteiger partial charge is 0.309 e. The van der Waals surface area contributed by atoms with Crippen LogP contribution in [0, 0.1) is 0 Å². The van der Waals surface area contributed by atoms with Crippen LogP contribution in [0.15, 0.2) is 212 Å². The number of hydrogen-bond acceptors (Lipinski definition) is 0. The van der Waals surface area contributed by atoms with E-state index in [4.69, 9.17) is 0 Å². The normalized spacial score (nSPS) is 11.9. The minimum absolute atomic E-state index is 1.14. The molecule has 3 heteroatoms. The van der Waals surface area contributed by atoms with Gasteiger partial charge in [-0.2, -0.15) is 0 Å². The molecule has 266 valence electrons. The topological polar surface area (TPSA) is 14.8 Å². The quantitative estimate of drug-likeness (QED) is 0.168. The van der Waals surface area contributed by atoms with Gasteiger partial charge in [0.15, 0.2) is 0 Å². The maximum absolute atomic E-state index is 2.45. The van der Waals surface area contributed by atoms with Gasteiger partial charge in [0.25, 0.3) is 0 Å². The standard InChI is InChI=1S/C54H35N3/c1-3-14-36(15-4-1)37-26-29-41(30-27-37)56-50-24-11-8-21-44(50)47-34-48-45-22-9-12-25-51(45)57(54(48)35-53(47)56)42-19-13-16-38(32-42)39-28-31-46-43-20-7-10-23-49(43)55(52(46)33-39)40-17-5-2-6-18-40/h1-35H. The fraction of sp³-hybridized carbons (Fsp3) is 0. The summed E-state index contributed by atoms with van der Waals surface area (Å²) in [5.74, 6) is 0. The minimum atomic E-state index is 1.14. The third-order valence-electron chi connectivity index (χ3n) is 11.8. The first kappa shape index (κ1) is 31.7. The Labute approximate surface area is 329 Å². The lowest BCUT2D eigenvalue weighted by Crippen LogP contribution is -1.96. The number of fused-ring (bicyclic) bond motifs is 9. The average Bonchev–Trinajstić information content (AvgIpc) is 3.91. The van der Waals surface area contributed by atoms with Crippen LogP contribution in [0.4, 0.5) is 0 Å². The number of aromatic nitrogens is 3. The summed E-state index contributed by atoms with van der Waals surface area (Å²) >= 11 is 0. The van der Waals surface area contributed by atoms with Gasteiger partial charge in [-0.15, -0.1) is 0 Å². The van der Waals surface area contributed by atoms with Gasteiger partial charge in [0, 0.05) is 49.4 Å². The summed E-state index contributed by atoms with van der Waals surface area (Å²) in [6, 6.07) is 77.4. The molecule has 0 saturated heterocycles. The Kier molecular flexibility index (Phi) is 6.93. The molecular formula is C54H35N3. The second-order valence-electron chi connectivity index (χ2n) is 15.0. The van der Waals surface area contributed by atoms with Gasteiger partial charge in [-0.05, 0) is 95.1 Å². The lowest BCUT2D eigenvalue weighted by atomic mass is 10.0. The second kappa shape index (κ2) is 12.5. The molecule has 0 fully saturated rings. The fourth-order valence-corrected chi connectivity index (χ4v) is 9.25. The van der Waals surface area contributed by atoms with E-state index in [0.29, 0.717) is 0 Å². The summed E-state index contributed by atoms with van der Waals surface area (Å²) in [7, 11) is 0. The Balaban J connectivity index is 1.06. The fourth-order valence-electron chi connectivity index (χ4n) is 9.25. The van der Waals surface area contributed by atoms with E-state index in [9.17, 15) is 0 Å². The van der Waals surface area contributed by atoms with E-state index < -0.39 is 0 Å². The van der Waals surface area contributed by atoms with Gasteiger partial charge < -0.3 is 13.7 Å². The first-order chi connectivity index (χ1) is 28.3. The number of benzene rings is 9. The van der Waals surface area contributed by atoms with E-state index in [1.54, 1.807) is 0 Å². The van der Waals surface area contributed by atoms with Crippen molar-refractivity contribution in [3.63, 3.8) is 0 Å². The van der Waals surface area contributed by atoms with Crippen molar-refractivity contribution in [3.8, 4) is 39.3 Å². The highest BCUT2D eigenvalue weighted by atomic mass is 15.0. The molecule has 12 rings (SSSR count). The van der Waals surface area contributed by atoms with E-state index in [1.807, 2.05) is 0 Å². The van der Waals surface area contributed by atoms with Gasteiger partial charge >= 0.3 is 0 Å². The van der Waals surface area contributed by atoms with Crippen LogP contribution < -0.4 is 0 Å². The summed E-state index contributed by atoms with van der Waals surface area (Å²) in [5, 5.41) is 7.52. The second-order valence-corrected chi connectivity index (χ2v) is 15.0. The van der Waals surface area contributed by atoms with Crippen molar-refractivity contribution in [2.45, 2.75) is 0 Å². The SMILES string of the molecule is c1ccc(-c2ccc(-n3c4ccccc4c4cc5c6ccccc6n(-c6cccc(-c7ccc8c9ccccc9n(-c9ccccc9)c8c7)c6)c5cc43)cc2)cc1. The molecule has 0 atom stereocenters. The first-order valence-corrected chi connectivity index (χ1v) is 19.6. The molecule has 9 aromatic carbocycles. The van der Waals surface area contributed by atoms with Gasteiger partial charge in [0.2, 0.25) is 0 Å². The molecule has 0 aliphatic heterocycles. The van der Waals surface area contributed by atoms with Gasteiger partial charge in [0.1, 0.15) is 0 Å². The van der Waals surface area contributed by atoms with Crippen LogP contribution in [-0.4, -0.2) is 13.7 Å². The maximum Gasteiger partial charge on any atom is 0.0562 e. The Morgan fingerprint density at radius 3 is 1.23 bits per heavy atom. The van der Waals surface area contributed by atoms with Gasteiger partial charge in [-0.1, -0.05) is 140 Å². The summed E-state index contributed by atoms with van der Waals surface area (Å²) < 4.78 is 7.27. The average molecular weight is 726 g/mol. The third-order valence-corrected chi connectivity index (χ3v) is 11.8. The molecule has 3 nitrogen and oxygen atoms in total. The Bertz CT molecular complexity index is 3490. The van der Waals surface area contributed by atoms with Gasteiger partial charge in [-0.3, -0.25) is 0 Å². The van der Waals surface area contributed by atoms with Crippen molar-refractivity contribution in [2.24, 2.45) is 0 Å². The van der Waals surface area contributed by atoms with Crippen molar-refractivity contribution in [1.29, 1.82) is 0 Å². The lowest BCUT2D eigenvalue weighted by Gasteiger charge is -2.12. The molecule has 0 saturated carbocycles. The molecule has 0 unspecified atom stereocenters. The van der Waals surface area contributed by atoms with Crippen LogP contribution in [0.1, 0.15) is 0 Å². The Morgan fingerprint density at radius 2 is 0.596 bits per heavy atom. The summed E-state index contributed by atoms with van der Waals surface area (Å²) in [6.45, 7) is 0. The van der Waals surface area contributed by atoms with E-state index >= 15 is 0 Å². The predicted octanol–water partition coefficient (Wildman–Crippen LogP) is 14.3. The molecule has 0 aliphatic rings.